The Balaban J connectivity index is 1.27. The first-order valence-corrected chi connectivity index (χ1v) is 10.0. The summed E-state index contributed by atoms with van der Waals surface area (Å²) in [5.41, 5.74) is 0. The Bertz CT molecular complexity index is 517. The number of hydrogen-bond donors (Lipinski definition) is 0. The average Bonchev–Trinajstić information content (AvgIpc) is 2.70. The second kappa shape index (κ2) is 8.32. The summed E-state index contributed by atoms with van der Waals surface area (Å²) in [6.45, 7) is 9.75. The zero-order valence-electron chi connectivity index (χ0n) is 15.3. The molecule has 0 spiro atoms. The van der Waals surface area contributed by atoms with Crippen molar-refractivity contribution in [3.05, 3.63) is 12.1 Å². The van der Waals surface area contributed by atoms with E-state index in [4.69, 9.17) is 4.74 Å². The number of hydrogen-bond acceptors (Lipinski definition) is 6. The molecule has 0 N–H and O–H groups in total. The highest BCUT2D eigenvalue weighted by Gasteiger charge is 2.22. The molecule has 0 amide bonds. The predicted octanol–water partition coefficient (Wildman–Crippen LogP) is 2.02. The van der Waals surface area contributed by atoms with Crippen LogP contribution in [0.2, 0.25) is 0 Å². The van der Waals surface area contributed by atoms with E-state index in [2.05, 4.69) is 37.0 Å². The number of piperidine rings is 1. The van der Waals surface area contributed by atoms with Crippen molar-refractivity contribution in [2.45, 2.75) is 32.1 Å². The number of ether oxygens (including phenoxy) is 1. The predicted molar refractivity (Wildman–Crippen MR) is 100 cm³/mol. The van der Waals surface area contributed by atoms with Crippen molar-refractivity contribution in [3.63, 3.8) is 0 Å². The van der Waals surface area contributed by atoms with E-state index in [1.54, 1.807) is 0 Å². The molecule has 6 nitrogen and oxygen atoms in total. The Hall–Kier alpha value is -1.40. The van der Waals surface area contributed by atoms with Gasteiger partial charge in [0.1, 0.15) is 0 Å². The normalized spacial score (nSPS) is 23.8. The minimum absolute atomic E-state index is 0.823. The Kier molecular flexibility index (Phi) is 5.67. The summed E-state index contributed by atoms with van der Waals surface area (Å²) in [5, 5.41) is 9.01. The lowest BCUT2D eigenvalue weighted by Crippen LogP contribution is -2.48. The number of anilines is 2. The van der Waals surface area contributed by atoms with Crippen molar-refractivity contribution in [2.24, 2.45) is 5.92 Å². The molecule has 3 aliphatic heterocycles. The summed E-state index contributed by atoms with van der Waals surface area (Å²) in [6.07, 6.45) is 6.35. The average molecular weight is 345 g/mol. The van der Waals surface area contributed by atoms with Gasteiger partial charge in [-0.2, -0.15) is 0 Å². The molecular weight excluding hydrogens is 314 g/mol. The van der Waals surface area contributed by atoms with Gasteiger partial charge in [0.05, 0.1) is 0 Å². The molecule has 4 rings (SSSR count). The smallest absolute Gasteiger partial charge is 0.151 e. The van der Waals surface area contributed by atoms with Crippen LogP contribution in [0.25, 0.3) is 0 Å². The number of piperazine rings is 1. The largest absolute Gasteiger partial charge is 0.381 e. The summed E-state index contributed by atoms with van der Waals surface area (Å²) in [7, 11) is 0. The van der Waals surface area contributed by atoms with E-state index in [1.807, 2.05) is 0 Å². The highest BCUT2D eigenvalue weighted by atomic mass is 16.5. The first kappa shape index (κ1) is 17.0. The first-order chi connectivity index (χ1) is 12.4. The summed E-state index contributed by atoms with van der Waals surface area (Å²) in [6, 6.07) is 4.31. The van der Waals surface area contributed by atoms with E-state index in [0.29, 0.717) is 0 Å². The fraction of sp³-hybridized carbons (Fsp3) is 0.789. The van der Waals surface area contributed by atoms with Crippen LogP contribution < -0.4 is 9.80 Å². The van der Waals surface area contributed by atoms with Crippen LogP contribution in [0.3, 0.4) is 0 Å². The molecule has 0 saturated carbocycles. The van der Waals surface area contributed by atoms with Crippen molar-refractivity contribution in [1.82, 2.24) is 15.1 Å². The fourth-order valence-corrected chi connectivity index (χ4v) is 4.23. The zero-order valence-corrected chi connectivity index (χ0v) is 15.3. The Morgan fingerprint density at radius 2 is 1.40 bits per heavy atom. The van der Waals surface area contributed by atoms with Crippen molar-refractivity contribution in [2.75, 3.05) is 68.8 Å². The molecule has 3 saturated heterocycles. The van der Waals surface area contributed by atoms with Crippen molar-refractivity contribution < 1.29 is 4.74 Å². The first-order valence-electron chi connectivity index (χ1n) is 10.0. The Morgan fingerprint density at radius 3 is 2.00 bits per heavy atom. The van der Waals surface area contributed by atoms with Crippen LogP contribution in [0, 0.1) is 5.92 Å². The van der Waals surface area contributed by atoms with Gasteiger partial charge in [0.15, 0.2) is 11.6 Å². The van der Waals surface area contributed by atoms with Gasteiger partial charge in [-0.15, -0.1) is 10.2 Å². The van der Waals surface area contributed by atoms with Crippen molar-refractivity contribution >= 4 is 11.6 Å². The molecule has 0 bridgehead atoms. The molecule has 0 unspecified atom stereocenters. The van der Waals surface area contributed by atoms with E-state index >= 15 is 0 Å². The van der Waals surface area contributed by atoms with E-state index in [9.17, 15) is 0 Å². The highest BCUT2D eigenvalue weighted by Crippen LogP contribution is 2.21. The van der Waals surface area contributed by atoms with E-state index in [1.165, 1.54) is 38.6 Å². The summed E-state index contributed by atoms with van der Waals surface area (Å²) < 4.78 is 5.47. The minimum atomic E-state index is 0.823. The fourth-order valence-electron chi connectivity index (χ4n) is 4.23. The molecule has 4 heterocycles. The number of rotatable bonds is 4. The van der Waals surface area contributed by atoms with Crippen LogP contribution in [-0.4, -0.2) is 74.1 Å². The lowest BCUT2D eigenvalue weighted by atomic mass is 9.99. The van der Waals surface area contributed by atoms with Gasteiger partial charge >= 0.3 is 0 Å². The molecule has 3 fully saturated rings. The number of aromatic nitrogens is 2. The second-order valence-electron chi connectivity index (χ2n) is 7.64. The van der Waals surface area contributed by atoms with Crippen LogP contribution in [0.5, 0.6) is 0 Å². The van der Waals surface area contributed by atoms with Crippen LogP contribution in [0.15, 0.2) is 12.1 Å². The monoisotopic (exact) mass is 345 g/mol. The van der Waals surface area contributed by atoms with Gasteiger partial charge in [0.25, 0.3) is 0 Å². The van der Waals surface area contributed by atoms with Gasteiger partial charge in [0, 0.05) is 59.0 Å². The third kappa shape index (κ3) is 4.42. The Labute approximate surface area is 151 Å². The summed E-state index contributed by atoms with van der Waals surface area (Å²) in [5.74, 6) is 2.90. The molecule has 138 valence electrons. The maximum atomic E-state index is 5.47. The summed E-state index contributed by atoms with van der Waals surface area (Å²) in [4.78, 5) is 7.36. The highest BCUT2D eigenvalue weighted by molar-refractivity contribution is 5.45. The van der Waals surface area contributed by atoms with Crippen LogP contribution in [0.4, 0.5) is 11.6 Å². The lowest BCUT2D eigenvalue weighted by molar-refractivity contribution is 0.0517. The van der Waals surface area contributed by atoms with Crippen molar-refractivity contribution in [3.8, 4) is 0 Å². The Morgan fingerprint density at radius 1 is 0.800 bits per heavy atom. The zero-order chi connectivity index (χ0) is 16.9. The minimum Gasteiger partial charge on any atom is -0.381 e. The van der Waals surface area contributed by atoms with E-state index in [-0.39, 0.29) is 0 Å². The second-order valence-corrected chi connectivity index (χ2v) is 7.64. The lowest BCUT2D eigenvalue weighted by Gasteiger charge is -2.37. The molecule has 3 aliphatic rings. The topological polar surface area (TPSA) is 44.7 Å². The molecule has 25 heavy (non-hydrogen) atoms. The van der Waals surface area contributed by atoms with E-state index < -0.39 is 0 Å². The maximum Gasteiger partial charge on any atom is 0.151 e. The van der Waals surface area contributed by atoms with Gasteiger partial charge in [0.2, 0.25) is 0 Å². The van der Waals surface area contributed by atoms with Gasteiger partial charge in [-0.25, -0.2) is 0 Å². The van der Waals surface area contributed by atoms with Crippen molar-refractivity contribution in [1.29, 1.82) is 0 Å². The van der Waals surface area contributed by atoms with E-state index in [0.717, 1.165) is 70.0 Å². The third-order valence-electron chi connectivity index (χ3n) is 5.87. The molecule has 1 aromatic rings. The standard InChI is InChI=1S/C19H31N5O/c1-2-8-23(9-3-1)18-4-5-19(21-20-18)24-12-10-22(11-13-24)16-17-6-14-25-15-7-17/h4-5,17H,1-3,6-16H2. The molecular formula is C19H31N5O. The van der Waals surface area contributed by atoms with Crippen LogP contribution in [-0.2, 0) is 4.74 Å². The van der Waals surface area contributed by atoms with Crippen LogP contribution >= 0.6 is 0 Å². The molecule has 0 aromatic carbocycles. The number of nitrogens with zero attached hydrogens (tertiary/aromatic N) is 5. The van der Waals surface area contributed by atoms with Gasteiger partial charge in [-0.05, 0) is 50.2 Å². The molecule has 0 radical (unpaired) electrons. The third-order valence-corrected chi connectivity index (χ3v) is 5.87. The maximum absolute atomic E-state index is 5.47. The van der Waals surface area contributed by atoms with Crippen LogP contribution in [0.1, 0.15) is 32.1 Å². The quantitative estimate of drug-likeness (QED) is 0.832. The van der Waals surface area contributed by atoms with Gasteiger partial charge < -0.3 is 14.5 Å². The molecule has 0 aliphatic carbocycles. The summed E-state index contributed by atoms with van der Waals surface area (Å²) >= 11 is 0. The van der Waals surface area contributed by atoms with Gasteiger partial charge in [-0.3, -0.25) is 4.90 Å². The molecule has 0 atom stereocenters. The SMILES string of the molecule is c1cc(N2CCN(CC3CCOCC3)CC2)nnc1N1CCCCC1. The molecule has 1 aromatic heterocycles. The van der Waals surface area contributed by atoms with Gasteiger partial charge in [-0.1, -0.05) is 0 Å². The molecule has 6 heteroatoms.